The first-order valence-electron chi connectivity index (χ1n) is 11.1. The van der Waals surface area contributed by atoms with E-state index in [1.165, 1.54) is 47.3 Å². The van der Waals surface area contributed by atoms with E-state index in [4.69, 9.17) is 4.98 Å². The Morgan fingerprint density at radius 3 is 2.13 bits per heavy atom. The SMILES string of the molecule is Cc1cc(C)c(-n2ccnc2-c2cccc(N3C(C)(C)CCCC3(C)C)c2)c(C)c1. The molecule has 0 spiro atoms. The third-order valence-electron chi connectivity index (χ3n) is 6.67. The van der Waals surface area contributed by atoms with Crippen molar-refractivity contribution in [2.24, 2.45) is 0 Å². The van der Waals surface area contributed by atoms with Crippen LogP contribution in [0.5, 0.6) is 0 Å². The molecule has 4 rings (SSSR count). The van der Waals surface area contributed by atoms with Gasteiger partial charge in [0, 0.05) is 34.7 Å². The minimum absolute atomic E-state index is 0.139. The van der Waals surface area contributed by atoms with E-state index in [0.717, 1.165) is 11.4 Å². The summed E-state index contributed by atoms with van der Waals surface area (Å²) in [5, 5.41) is 0. The van der Waals surface area contributed by atoms with Crippen molar-refractivity contribution >= 4 is 5.69 Å². The molecule has 30 heavy (non-hydrogen) atoms. The van der Waals surface area contributed by atoms with Crippen LogP contribution >= 0.6 is 0 Å². The van der Waals surface area contributed by atoms with Crippen molar-refractivity contribution in [2.45, 2.75) is 78.8 Å². The monoisotopic (exact) mass is 401 g/mol. The van der Waals surface area contributed by atoms with E-state index >= 15 is 0 Å². The van der Waals surface area contributed by atoms with Crippen molar-refractivity contribution < 1.29 is 0 Å². The number of anilines is 1. The molecule has 2 aromatic carbocycles. The fraction of sp³-hybridized carbons (Fsp3) is 0.444. The predicted molar refractivity (Wildman–Crippen MR) is 128 cm³/mol. The van der Waals surface area contributed by atoms with Crippen molar-refractivity contribution in [2.75, 3.05) is 4.90 Å². The van der Waals surface area contributed by atoms with E-state index in [1.807, 2.05) is 6.20 Å². The van der Waals surface area contributed by atoms with Crippen LogP contribution in [0, 0.1) is 20.8 Å². The van der Waals surface area contributed by atoms with Crippen LogP contribution in [-0.2, 0) is 0 Å². The molecule has 0 bridgehead atoms. The topological polar surface area (TPSA) is 21.1 Å². The van der Waals surface area contributed by atoms with Gasteiger partial charge in [0.15, 0.2) is 0 Å². The van der Waals surface area contributed by atoms with Crippen molar-refractivity contribution in [3.63, 3.8) is 0 Å². The largest absolute Gasteiger partial charge is 0.361 e. The normalized spacial score (nSPS) is 17.9. The summed E-state index contributed by atoms with van der Waals surface area (Å²) in [5.74, 6) is 1.000. The first kappa shape index (κ1) is 20.7. The summed E-state index contributed by atoms with van der Waals surface area (Å²) < 4.78 is 2.25. The second-order valence-corrected chi connectivity index (χ2v) is 10.2. The molecule has 3 nitrogen and oxygen atoms in total. The summed E-state index contributed by atoms with van der Waals surface area (Å²) in [6, 6.07) is 13.5. The van der Waals surface area contributed by atoms with Crippen LogP contribution in [-0.4, -0.2) is 20.6 Å². The molecule has 0 unspecified atom stereocenters. The Bertz CT molecular complexity index is 1030. The van der Waals surface area contributed by atoms with Gasteiger partial charge in [0.1, 0.15) is 5.82 Å². The molecule has 1 aromatic heterocycles. The number of piperidine rings is 1. The average molecular weight is 402 g/mol. The maximum absolute atomic E-state index is 4.77. The molecule has 158 valence electrons. The summed E-state index contributed by atoms with van der Waals surface area (Å²) in [7, 11) is 0. The smallest absolute Gasteiger partial charge is 0.144 e. The molecule has 1 aliphatic rings. The zero-order valence-corrected chi connectivity index (χ0v) is 19.6. The van der Waals surface area contributed by atoms with Gasteiger partial charge in [0.2, 0.25) is 0 Å². The van der Waals surface area contributed by atoms with Gasteiger partial charge in [-0.1, -0.05) is 29.8 Å². The van der Waals surface area contributed by atoms with E-state index in [0.29, 0.717) is 0 Å². The maximum atomic E-state index is 4.77. The molecule has 1 saturated heterocycles. The molecular weight excluding hydrogens is 366 g/mol. The molecule has 1 fully saturated rings. The van der Waals surface area contributed by atoms with Gasteiger partial charge in [-0.05, 0) is 91.0 Å². The van der Waals surface area contributed by atoms with Gasteiger partial charge in [0.25, 0.3) is 0 Å². The van der Waals surface area contributed by atoms with E-state index in [-0.39, 0.29) is 11.1 Å². The molecule has 0 aliphatic carbocycles. The lowest BCUT2D eigenvalue weighted by molar-refractivity contribution is 0.244. The Balaban J connectivity index is 1.82. The van der Waals surface area contributed by atoms with Crippen LogP contribution in [0.2, 0.25) is 0 Å². The molecule has 0 N–H and O–H groups in total. The van der Waals surface area contributed by atoms with Gasteiger partial charge in [-0.15, -0.1) is 0 Å². The predicted octanol–water partition coefficient (Wildman–Crippen LogP) is 7.01. The Morgan fingerprint density at radius 2 is 1.50 bits per heavy atom. The number of hydrogen-bond acceptors (Lipinski definition) is 2. The van der Waals surface area contributed by atoms with Gasteiger partial charge >= 0.3 is 0 Å². The molecule has 0 amide bonds. The lowest BCUT2D eigenvalue weighted by atomic mass is 9.79. The van der Waals surface area contributed by atoms with Crippen LogP contribution in [0.25, 0.3) is 17.1 Å². The van der Waals surface area contributed by atoms with E-state index in [1.54, 1.807) is 0 Å². The summed E-state index contributed by atoms with van der Waals surface area (Å²) >= 11 is 0. The Kier molecular flexibility index (Phi) is 5.04. The van der Waals surface area contributed by atoms with Crippen LogP contribution < -0.4 is 4.90 Å². The first-order chi connectivity index (χ1) is 14.1. The molecule has 2 heterocycles. The number of aryl methyl sites for hydroxylation is 3. The fourth-order valence-electron chi connectivity index (χ4n) is 5.73. The number of hydrogen-bond donors (Lipinski definition) is 0. The highest BCUT2D eigenvalue weighted by Gasteiger charge is 2.41. The van der Waals surface area contributed by atoms with Crippen LogP contribution in [0.1, 0.15) is 63.6 Å². The highest BCUT2D eigenvalue weighted by molar-refractivity contribution is 5.68. The zero-order valence-electron chi connectivity index (χ0n) is 19.6. The highest BCUT2D eigenvalue weighted by atomic mass is 15.3. The van der Waals surface area contributed by atoms with Gasteiger partial charge in [-0.25, -0.2) is 4.98 Å². The van der Waals surface area contributed by atoms with Crippen molar-refractivity contribution in [1.82, 2.24) is 9.55 Å². The summed E-state index contributed by atoms with van der Waals surface area (Å²) in [6.07, 6.45) is 7.72. The second kappa shape index (κ2) is 7.30. The van der Waals surface area contributed by atoms with Crippen LogP contribution in [0.4, 0.5) is 5.69 Å². The van der Waals surface area contributed by atoms with Crippen LogP contribution in [0.3, 0.4) is 0 Å². The Labute approximate surface area is 181 Å². The zero-order chi connectivity index (χ0) is 21.7. The number of nitrogens with zero attached hydrogens (tertiary/aromatic N) is 3. The third-order valence-corrected chi connectivity index (χ3v) is 6.67. The highest BCUT2D eigenvalue weighted by Crippen LogP contribution is 2.42. The molecule has 0 radical (unpaired) electrons. The van der Waals surface area contributed by atoms with Gasteiger partial charge in [-0.3, -0.25) is 4.57 Å². The molecular formula is C27H35N3. The van der Waals surface area contributed by atoms with E-state index in [9.17, 15) is 0 Å². The number of rotatable bonds is 3. The van der Waals surface area contributed by atoms with Gasteiger partial charge < -0.3 is 4.90 Å². The fourth-order valence-corrected chi connectivity index (χ4v) is 5.73. The van der Waals surface area contributed by atoms with Crippen LogP contribution in [0.15, 0.2) is 48.8 Å². The maximum Gasteiger partial charge on any atom is 0.144 e. The Hall–Kier alpha value is -2.55. The molecule has 3 aromatic rings. The third kappa shape index (κ3) is 3.55. The average Bonchev–Trinajstić information content (AvgIpc) is 3.08. The minimum Gasteiger partial charge on any atom is -0.361 e. The molecule has 0 saturated carbocycles. The van der Waals surface area contributed by atoms with E-state index < -0.39 is 0 Å². The van der Waals surface area contributed by atoms with E-state index in [2.05, 4.69) is 101 Å². The van der Waals surface area contributed by atoms with Crippen molar-refractivity contribution in [1.29, 1.82) is 0 Å². The lowest BCUT2D eigenvalue weighted by Crippen LogP contribution is -2.59. The summed E-state index contributed by atoms with van der Waals surface area (Å²) in [6.45, 7) is 16.0. The Morgan fingerprint density at radius 1 is 0.867 bits per heavy atom. The number of benzene rings is 2. The molecule has 3 heteroatoms. The van der Waals surface area contributed by atoms with Gasteiger partial charge in [0.05, 0.1) is 5.69 Å². The van der Waals surface area contributed by atoms with Gasteiger partial charge in [-0.2, -0.15) is 0 Å². The second-order valence-electron chi connectivity index (χ2n) is 10.2. The van der Waals surface area contributed by atoms with Crippen molar-refractivity contribution in [3.05, 3.63) is 65.5 Å². The minimum atomic E-state index is 0.139. The summed E-state index contributed by atoms with van der Waals surface area (Å²) in [4.78, 5) is 7.40. The number of aromatic nitrogens is 2. The van der Waals surface area contributed by atoms with Crippen molar-refractivity contribution in [3.8, 4) is 17.1 Å². The number of imidazole rings is 1. The quantitative estimate of drug-likeness (QED) is 0.470. The summed E-state index contributed by atoms with van der Waals surface area (Å²) in [5.41, 5.74) is 7.81. The standard InChI is InChI=1S/C27H35N3/c1-19-16-20(2)24(21(3)17-19)29-15-14-28-25(29)22-10-8-11-23(18-22)30-26(4,5)12-9-13-27(30,6)7/h8,10-11,14-18H,9,12-13H2,1-7H3. The molecule has 0 atom stereocenters. The first-order valence-corrected chi connectivity index (χ1v) is 11.1. The molecule has 1 aliphatic heterocycles. The lowest BCUT2D eigenvalue weighted by Gasteiger charge is -2.54.